The van der Waals surface area contributed by atoms with Crippen molar-refractivity contribution in [1.82, 2.24) is 9.97 Å². The highest BCUT2D eigenvalue weighted by Gasteiger charge is 2.21. The Morgan fingerprint density at radius 3 is 2.91 bits per heavy atom. The van der Waals surface area contributed by atoms with Gasteiger partial charge in [-0.05, 0) is 60.7 Å². The number of benzene rings is 2. The summed E-state index contributed by atoms with van der Waals surface area (Å²) in [5.74, 6) is 2.38. The fourth-order valence-electron chi connectivity index (χ4n) is 3.57. The van der Waals surface area contributed by atoms with E-state index in [1.165, 1.54) is 6.08 Å². The molecule has 2 aromatic carbocycles. The Morgan fingerprint density at radius 2 is 2.16 bits per heavy atom. The lowest BCUT2D eigenvalue weighted by Crippen LogP contribution is -2.07. The highest BCUT2D eigenvalue weighted by atomic mass is 16.5. The molecule has 0 saturated carbocycles. The normalized spacial score (nSPS) is 16.2. The van der Waals surface area contributed by atoms with Crippen molar-refractivity contribution in [3.05, 3.63) is 53.9 Å². The van der Waals surface area contributed by atoms with E-state index in [1.54, 1.807) is 13.2 Å². The largest absolute Gasteiger partial charge is 0.493 e. The lowest BCUT2D eigenvalue weighted by atomic mass is 10.2. The summed E-state index contributed by atoms with van der Waals surface area (Å²) in [4.78, 5) is 20.4. The highest BCUT2D eigenvalue weighted by molar-refractivity contribution is 6.02. The van der Waals surface area contributed by atoms with Crippen LogP contribution < -0.4 is 14.8 Å². The van der Waals surface area contributed by atoms with Crippen LogP contribution in [0.5, 0.6) is 11.5 Å². The third-order valence-corrected chi connectivity index (χ3v) is 5.19. The van der Waals surface area contributed by atoms with Crippen LogP contribution in [0, 0.1) is 5.92 Å². The van der Waals surface area contributed by atoms with Crippen molar-refractivity contribution in [3.8, 4) is 11.5 Å². The van der Waals surface area contributed by atoms with Crippen LogP contribution >= 0.6 is 0 Å². The zero-order valence-corrected chi connectivity index (χ0v) is 18.7. The van der Waals surface area contributed by atoms with Gasteiger partial charge in [-0.2, -0.15) is 0 Å². The summed E-state index contributed by atoms with van der Waals surface area (Å²) in [6.07, 6.45) is 5.30. The molecule has 0 aliphatic carbocycles. The van der Waals surface area contributed by atoms with E-state index in [0.717, 1.165) is 41.9 Å². The number of nitrogens with one attached hydrogen (secondary N) is 2. The first-order valence-electron chi connectivity index (χ1n) is 10.9. The lowest BCUT2D eigenvalue weighted by Gasteiger charge is -2.12. The van der Waals surface area contributed by atoms with E-state index < -0.39 is 0 Å². The average Bonchev–Trinajstić information content (AvgIpc) is 3.46. The maximum Gasteiger partial charge on any atom is 0.248 e. The van der Waals surface area contributed by atoms with Gasteiger partial charge in [0.25, 0.3) is 0 Å². The number of hydrogen-bond donors (Lipinski definition) is 2. The summed E-state index contributed by atoms with van der Waals surface area (Å²) in [5, 5.41) is 2.90. The standard InChI is InChI=1S/C25H29N3O4/c1-16(2)15-32-21-10-6-17(13-23(21)30-3)7-11-24(29)26-18-8-9-19-20(14-18)28-25(27-19)22-5-4-12-31-22/h6-11,13-14,16,22H,4-5,12,15H2,1-3H3,(H,26,29)(H,27,28)/b11-7+. The number of anilines is 1. The number of imidazole rings is 1. The molecule has 7 nitrogen and oxygen atoms in total. The van der Waals surface area contributed by atoms with E-state index in [9.17, 15) is 4.79 Å². The van der Waals surface area contributed by atoms with E-state index in [2.05, 4.69) is 29.1 Å². The summed E-state index contributed by atoms with van der Waals surface area (Å²) >= 11 is 0. The number of aromatic nitrogens is 2. The fourth-order valence-corrected chi connectivity index (χ4v) is 3.57. The van der Waals surface area contributed by atoms with E-state index in [4.69, 9.17) is 14.2 Å². The van der Waals surface area contributed by atoms with Crippen molar-refractivity contribution in [2.24, 2.45) is 5.92 Å². The molecule has 3 aromatic rings. The minimum Gasteiger partial charge on any atom is -0.493 e. The summed E-state index contributed by atoms with van der Waals surface area (Å²) in [6.45, 7) is 5.57. The first-order chi connectivity index (χ1) is 15.5. The molecule has 1 aromatic heterocycles. The number of hydrogen-bond acceptors (Lipinski definition) is 5. The number of ether oxygens (including phenoxy) is 3. The Bertz CT molecular complexity index is 1110. The Kier molecular flexibility index (Phi) is 6.75. The molecule has 1 saturated heterocycles. The van der Waals surface area contributed by atoms with Crippen molar-refractivity contribution in [2.75, 3.05) is 25.6 Å². The summed E-state index contributed by atoms with van der Waals surface area (Å²) < 4.78 is 16.9. The Morgan fingerprint density at radius 1 is 1.28 bits per heavy atom. The van der Waals surface area contributed by atoms with Crippen molar-refractivity contribution in [1.29, 1.82) is 0 Å². The van der Waals surface area contributed by atoms with Crippen LogP contribution in [0.2, 0.25) is 0 Å². The number of carbonyl (C=O) groups excluding carboxylic acids is 1. The number of carbonyl (C=O) groups is 1. The van der Waals surface area contributed by atoms with Gasteiger partial charge in [-0.15, -0.1) is 0 Å². The molecule has 168 valence electrons. The van der Waals surface area contributed by atoms with Crippen molar-refractivity contribution in [2.45, 2.75) is 32.8 Å². The molecule has 2 heterocycles. The lowest BCUT2D eigenvalue weighted by molar-refractivity contribution is -0.111. The minimum atomic E-state index is -0.220. The van der Waals surface area contributed by atoms with E-state index in [1.807, 2.05) is 36.4 Å². The van der Waals surface area contributed by atoms with Crippen LogP contribution in [-0.4, -0.2) is 36.2 Å². The molecule has 4 rings (SSSR count). The molecule has 1 atom stereocenters. The summed E-state index contributed by atoms with van der Waals surface area (Å²) in [5.41, 5.74) is 3.28. The van der Waals surface area contributed by atoms with Gasteiger partial charge in [0.05, 0.1) is 24.8 Å². The molecule has 32 heavy (non-hydrogen) atoms. The van der Waals surface area contributed by atoms with Crippen LogP contribution in [0.25, 0.3) is 17.1 Å². The van der Waals surface area contributed by atoms with Gasteiger partial charge in [0.2, 0.25) is 5.91 Å². The molecular formula is C25H29N3O4. The van der Waals surface area contributed by atoms with Gasteiger partial charge in [0.15, 0.2) is 11.5 Å². The SMILES string of the molecule is COc1cc(/C=C/C(=O)Nc2ccc3nc(C4CCCO4)[nH]c3c2)ccc1OCC(C)C. The van der Waals surface area contributed by atoms with Crippen LogP contribution in [0.15, 0.2) is 42.5 Å². The molecule has 1 aliphatic heterocycles. The third-order valence-electron chi connectivity index (χ3n) is 5.19. The van der Waals surface area contributed by atoms with Crippen molar-refractivity contribution < 1.29 is 19.0 Å². The van der Waals surface area contributed by atoms with Crippen LogP contribution in [0.1, 0.15) is 44.2 Å². The van der Waals surface area contributed by atoms with E-state index in [-0.39, 0.29) is 12.0 Å². The number of aromatic amines is 1. The van der Waals surface area contributed by atoms with Gasteiger partial charge in [-0.1, -0.05) is 19.9 Å². The van der Waals surface area contributed by atoms with Gasteiger partial charge in [-0.25, -0.2) is 4.98 Å². The second kappa shape index (κ2) is 9.87. The highest BCUT2D eigenvalue weighted by Crippen LogP contribution is 2.30. The van der Waals surface area contributed by atoms with Crippen molar-refractivity contribution in [3.63, 3.8) is 0 Å². The fraction of sp³-hybridized carbons (Fsp3) is 0.360. The average molecular weight is 436 g/mol. The second-order valence-corrected chi connectivity index (χ2v) is 8.29. The maximum absolute atomic E-state index is 12.4. The summed E-state index contributed by atoms with van der Waals surface area (Å²) in [6, 6.07) is 11.2. The first-order valence-corrected chi connectivity index (χ1v) is 10.9. The topological polar surface area (TPSA) is 85.5 Å². The predicted octanol–water partition coefficient (Wildman–Crippen LogP) is 5.11. The first kappa shape index (κ1) is 21.9. The van der Waals surface area contributed by atoms with Gasteiger partial charge in [-0.3, -0.25) is 4.79 Å². The quantitative estimate of drug-likeness (QED) is 0.480. The molecule has 1 unspecified atom stereocenters. The molecule has 1 amide bonds. The molecular weight excluding hydrogens is 406 g/mol. The van der Waals surface area contributed by atoms with Gasteiger partial charge >= 0.3 is 0 Å². The molecule has 2 N–H and O–H groups in total. The number of H-pyrrole nitrogens is 1. The van der Waals surface area contributed by atoms with Crippen LogP contribution in [0.3, 0.4) is 0 Å². The monoisotopic (exact) mass is 435 g/mol. The summed E-state index contributed by atoms with van der Waals surface area (Å²) in [7, 11) is 1.60. The Labute approximate surface area is 187 Å². The van der Waals surface area contributed by atoms with E-state index >= 15 is 0 Å². The van der Waals surface area contributed by atoms with Gasteiger partial charge in [0.1, 0.15) is 11.9 Å². The zero-order valence-electron chi connectivity index (χ0n) is 18.7. The van der Waals surface area contributed by atoms with Gasteiger partial charge < -0.3 is 24.5 Å². The van der Waals surface area contributed by atoms with Crippen molar-refractivity contribution >= 4 is 28.7 Å². The Hall–Kier alpha value is -3.32. The number of fused-ring (bicyclic) bond motifs is 1. The maximum atomic E-state index is 12.4. The van der Waals surface area contributed by atoms with Crippen LogP contribution in [0.4, 0.5) is 5.69 Å². The zero-order chi connectivity index (χ0) is 22.5. The molecule has 7 heteroatoms. The Balaban J connectivity index is 1.41. The number of methoxy groups -OCH3 is 1. The number of rotatable bonds is 8. The third kappa shape index (κ3) is 5.29. The van der Waals surface area contributed by atoms with Gasteiger partial charge in [0, 0.05) is 18.4 Å². The predicted molar refractivity (Wildman–Crippen MR) is 125 cm³/mol. The van der Waals surface area contributed by atoms with Crippen LogP contribution in [-0.2, 0) is 9.53 Å². The smallest absolute Gasteiger partial charge is 0.248 e. The molecule has 0 bridgehead atoms. The number of nitrogens with zero attached hydrogens (tertiary/aromatic N) is 1. The van der Waals surface area contributed by atoms with E-state index in [0.29, 0.717) is 29.7 Å². The second-order valence-electron chi connectivity index (χ2n) is 8.29. The molecule has 0 radical (unpaired) electrons. The molecule has 0 spiro atoms. The molecule has 1 aliphatic rings. The number of amides is 1. The molecule has 1 fully saturated rings. The minimum absolute atomic E-state index is 0.0301.